The second-order valence-corrected chi connectivity index (χ2v) is 5.53. The predicted octanol–water partition coefficient (Wildman–Crippen LogP) is 6.02. The highest BCUT2D eigenvalue weighted by Gasteiger charge is 2.09. The van der Waals surface area contributed by atoms with Crippen LogP contribution in [0.3, 0.4) is 0 Å². The molecule has 0 aliphatic heterocycles. The predicted molar refractivity (Wildman–Crippen MR) is 84.7 cm³/mol. The zero-order chi connectivity index (χ0) is 13.6. The Morgan fingerprint density at radius 3 is 2.00 bits per heavy atom. The van der Waals surface area contributed by atoms with Crippen LogP contribution in [-0.2, 0) is 0 Å². The lowest BCUT2D eigenvalue weighted by atomic mass is 9.94. The van der Waals surface area contributed by atoms with E-state index in [4.69, 9.17) is 4.99 Å². The summed E-state index contributed by atoms with van der Waals surface area (Å²) in [5.74, 6) is 0.712. The van der Waals surface area contributed by atoms with Gasteiger partial charge in [-0.1, -0.05) is 65.7 Å². The lowest BCUT2D eigenvalue weighted by molar-refractivity contribution is 0.568. The third-order valence-corrected chi connectivity index (χ3v) is 3.71. The first-order valence-corrected chi connectivity index (χ1v) is 8.29. The Labute approximate surface area is 115 Å². The van der Waals surface area contributed by atoms with Crippen molar-refractivity contribution in [1.29, 1.82) is 0 Å². The third-order valence-electron chi connectivity index (χ3n) is 3.71. The maximum absolute atomic E-state index is 4.74. The SMILES string of the molecule is CCCCCCC(=NCC)C(C)CCCCCC. The molecule has 0 fully saturated rings. The fraction of sp³-hybridized carbons (Fsp3) is 0.941. The normalized spacial score (nSPS) is 13.9. The molecule has 0 saturated carbocycles. The van der Waals surface area contributed by atoms with Gasteiger partial charge in [-0.3, -0.25) is 4.99 Å². The molecule has 0 saturated heterocycles. The van der Waals surface area contributed by atoms with Crippen LogP contribution in [0.4, 0.5) is 0 Å². The Bertz CT molecular complexity index is 196. The summed E-state index contributed by atoms with van der Waals surface area (Å²) in [7, 11) is 0. The summed E-state index contributed by atoms with van der Waals surface area (Å²) in [6, 6.07) is 0. The molecule has 18 heavy (non-hydrogen) atoms. The summed E-state index contributed by atoms with van der Waals surface area (Å²) >= 11 is 0. The molecule has 0 spiro atoms. The molecule has 0 aromatic rings. The zero-order valence-corrected chi connectivity index (χ0v) is 13.3. The first-order chi connectivity index (χ1) is 8.76. The molecular formula is C17H35N. The van der Waals surface area contributed by atoms with Crippen LogP contribution in [0.5, 0.6) is 0 Å². The second-order valence-electron chi connectivity index (χ2n) is 5.53. The highest BCUT2D eigenvalue weighted by atomic mass is 14.7. The topological polar surface area (TPSA) is 12.4 Å². The monoisotopic (exact) mass is 253 g/mol. The largest absolute Gasteiger partial charge is 0.294 e. The highest BCUT2D eigenvalue weighted by Crippen LogP contribution is 2.16. The van der Waals surface area contributed by atoms with Gasteiger partial charge in [0.05, 0.1) is 0 Å². The minimum absolute atomic E-state index is 0.712. The number of aliphatic imine (C=N–C) groups is 1. The van der Waals surface area contributed by atoms with Gasteiger partial charge in [0.15, 0.2) is 0 Å². The molecule has 0 amide bonds. The molecule has 1 atom stereocenters. The van der Waals surface area contributed by atoms with E-state index in [1.54, 1.807) is 0 Å². The van der Waals surface area contributed by atoms with Crippen molar-refractivity contribution in [3.05, 3.63) is 0 Å². The highest BCUT2D eigenvalue weighted by molar-refractivity contribution is 5.86. The number of unbranched alkanes of at least 4 members (excludes halogenated alkanes) is 6. The van der Waals surface area contributed by atoms with Crippen molar-refractivity contribution in [2.24, 2.45) is 10.9 Å². The van der Waals surface area contributed by atoms with Gasteiger partial charge in [-0.15, -0.1) is 0 Å². The Morgan fingerprint density at radius 2 is 1.44 bits per heavy atom. The summed E-state index contributed by atoms with van der Waals surface area (Å²) in [6.45, 7) is 10.1. The van der Waals surface area contributed by atoms with Crippen LogP contribution < -0.4 is 0 Å². The first-order valence-electron chi connectivity index (χ1n) is 8.29. The van der Waals surface area contributed by atoms with Gasteiger partial charge in [0.25, 0.3) is 0 Å². The van der Waals surface area contributed by atoms with Gasteiger partial charge in [0.2, 0.25) is 0 Å². The molecule has 1 nitrogen and oxygen atoms in total. The number of hydrogen-bond donors (Lipinski definition) is 0. The van der Waals surface area contributed by atoms with E-state index in [9.17, 15) is 0 Å². The summed E-state index contributed by atoms with van der Waals surface area (Å²) in [6.07, 6.45) is 13.5. The minimum Gasteiger partial charge on any atom is -0.294 e. The Kier molecular flexibility index (Phi) is 12.9. The molecule has 0 aliphatic rings. The van der Waals surface area contributed by atoms with Crippen LogP contribution in [0.1, 0.15) is 91.9 Å². The summed E-state index contributed by atoms with van der Waals surface area (Å²) in [5, 5.41) is 0. The summed E-state index contributed by atoms with van der Waals surface area (Å²) in [4.78, 5) is 4.74. The summed E-state index contributed by atoms with van der Waals surface area (Å²) < 4.78 is 0. The fourth-order valence-electron chi connectivity index (χ4n) is 2.46. The van der Waals surface area contributed by atoms with Crippen molar-refractivity contribution in [3.8, 4) is 0 Å². The number of hydrogen-bond acceptors (Lipinski definition) is 1. The summed E-state index contributed by atoms with van der Waals surface area (Å²) in [5.41, 5.74) is 1.49. The van der Waals surface area contributed by atoms with Crippen LogP contribution in [0.2, 0.25) is 0 Å². The lowest BCUT2D eigenvalue weighted by Gasteiger charge is -2.15. The van der Waals surface area contributed by atoms with Crippen molar-refractivity contribution in [2.45, 2.75) is 91.9 Å². The van der Waals surface area contributed by atoms with Crippen LogP contribution in [0, 0.1) is 5.92 Å². The average Bonchev–Trinajstić information content (AvgIpc) is 2.38. The molecule has 0 radical (unpaired) electrons. The van der Waals surface area contributed by atoms with Gasteiger partial charge in [-0.2, -0.15) is 0 Å². The second kappa shape index (κ2) is 13.1. The molecule has 0 bridgehead atoms. The van der Waals surface area contributed by atoms with Crippen molar-refractivity contribution in [3.63, 3.8) is 0 Å². The van der Waals surface area contributed by atoms with E-state index in [1.165, 1.54) is 69.9 Å². The minimum atomic E-state index is 0.712. The van der Waals surface area contributed by atoms with E-state index in [0.717, 1.165) is 6.54 Å². The van der Waals surface area contributed by atoms with Crippen LogP contribution in [0.15, 0.2) is 4.99 Å². The van der Waals surface area contributed by atoms with Crippen LogP contribution in [-0.4, -0.2) is 12.3 Å². The van der Waals surface area contributed by atoms with Gasteiger partial charge in [0, 0.05) is 12.3 Å². The van der Waals surface area contributed by atoms with E-state index in [-0.39, 0.29) is 0 Å². The molecule has 108 valence electrons. The van der Waals surface area contributed by atoms with E-state index < -0.39 is 0 Å². The maximum atomic E-state index is 4.74. The van der Waals surface area contributed by atoms with E-state index >= 15 is 0 Å². The Balaban J connectivity index is 3.88. The maximum Gasteiger partial charge on any atom is 0.0360 e. The van der Waals surface area contributed by atoms with E-state index in [1.807, 2.05) is 0 Å². The van der Waals surface area contributed by atoms with Gasteiger partial charge in [-0.25, -0.2) is 0 Å². The van der Waals surface area contributed by atoms with Crippen molar-refractivity contribution in [2.75, 3.05) is 6.54 Å². The molecule has 0 N–H and O–H groups in total. The average molecular weight is 253 g/mol. The van der Waals surface area contributed by atoms with Gasteiger partial charge >= 0.3 is 0 Å². The van der Waals surface area contributed by atoms with E-state index in [0.29, 0.717) is 5.92 Å². The van der Waals surface area contributed by atoms with Crippen LogP contribution in [0.25, 0.3) is 0 Å². The number of nitrogens with zero attached hydrogens (tertiary/aromatic N) is 1. The molecule has 0 rings (SSSR count). The molecule has 0 aromatic carbocycles. The molecule has 0 heterocycles. The standard InChI is InChI=1S/C17H35N/c1-5-8-10-12-14-16(4)17(18-7-3)15-13-11-9-6-2/h16H,5-15H2,1-4H3. The molecule has 1 heteroatoms. The molecule has 0 aliphatic carbocycles. The van der Waals surface area contributed by atoms with Crippen LogP contribution >= 0.6 is 0 Å². The third kappa shape index (κ3) is 9.67. The van der Waals surface area contributed by atoms with Gasteiger partial charge in [0.1, 0.15) is 0 Å². The number of rotatable bonds is 12. The van der Waals surface area contributed by atoms with Gasteiger partial charge in [-0.05, 0) is 32.1 Å². The van der Waals surface area contributed by atoms with Gasteiger partial charge < -0.3 is 0 Å². The quantitative estimate of drug-likeness (QED) is 0.298. The lowest BCUT2D eigenvalue weighted by Crippen LogP contribution is -2.12. The smallest absolute Gasteiger partial charge is 0.0360 e. The van der Waals surface area contributed by atoms with Crippen molar-refractivity contribution < 1.29 is 0 Å². The molecule has 0 aromatic heterocycles. The molecular weight excluding hydrogens is 218 g/mol. The van der Waals surface area contributed by atoms with Crippen molar-refractivity contribution >= 4 is 5.71 Å². The Hall–Kier alpha value is -0.330. The van der Waals surface area contributed by atoms with E-state index in [2.05, 4.69) is 27.7 Å². The first kappa shape index (κ1) is 17.7. The fourth-order valence-corrected chi connectivity index (χ4v) is 2.46. The molecule has 1 unspecified atom stereocenters. The van der Waals surface area contributed by atoms with Crippen molar-refractivity contribution in [1.82, 2.24) is 0 Å². The Morgan fingerprint density at radius 1 is 0.833 bits per heavy atom. The zero-order valence-electron chi connectivity index (χ0n) is 13.3.